The van der Waals surface area contributed by atoms with Gasteiger partial charge in [-0.05, 0) is 74.9 Å². The molecule has 2 aromatic rings. The second kappa shape index (κ2) is 28.5. The van der Waals surface area contributed by atoms with Gasteiger partial charge in [0.25, 0.3) is 23.6 Å². The largest absolute Gasteiger partial charge is 0.395 e. The van der Waals surface area contributed by atoms with Crippen LogP contribution < -0.4 is 9.80 Å². The van der Waals surface area contributed by atoms with Crippen LogP contribution in [0, 0.1) is 41.5 Å². The average Bonchev–Trinajstić information content (AvgIpc) is 3.27. The van der Waals surface area contributed by atoms with Gasteiger partial charge in [0, 0.05) is 94.9 Å². The van der Waals surface area contributed by atoms with Crippen LogP contribution in [0.3, 0.4) is 0 Å². The van der Waals surface area contributed by atoms with Gasteiger partial charge in [0.05, 0.1) is 89.5 Å². The SMILES string of the molecule is CC(=O)N(CC(O)CC(O)CN(C(C)=O)c1c(C)c(C(=O)N(CCO)CCO)c(C)c(C(=O)N(CCO)CCO)c1C)c1c(C)c(C(=O)N(CCO)CCO)c(C)c(C(=O)N(CCO)CCO)c1C. The normalized spacial score (nSPS) is 12.1. The Balaban J connectivity index is 2.85. The van der Waals surface area contributed by atoms with E-state index in [0.29, 0.717) is 0 Å². The summed E-state index contributed by atoms with van der Waals surface area (Å²) in [7, 11) is 0. The molecule has 0 aliphatic carbocycles. The molecule has 2 atom stereocenters. The van der Waals surface area contributed by atoms with Gasteiger partial charge >= 0.3 is 0 Å². The first-order valence-electron chi connectivity index (χ1n) is 22.9. The zero-order valence-corrected chi connectivity index (χ0v) is 41.2. The highest BCUT2D eigenvalue weighted by atomic mass is 16.3. The molecule has 0 aliphatic rings. The number of carbonyl (C=O) groups is 6. The molecule has 388 valence electrons. The number of hydrogen-bond acceptors (Lipinski definition) is 16. The van der Waals surface area contributed by atoms with Crippen LogP contribution in [0.2, 0.25) is 0 Å². The number of anilines is 2. The summed E-state index contributed by atoms with van der Waals surface area (Å²) in [6.45, 7) is 5.20. The van der Waals surface area contributed by atoms with Crippen molar-refractivity contribution in [3.8, 4) is 0 Å². The summed E-state index contributed by atoms with van der Waals surface area (Å²) in [5.41, 5.74) is 1.06. The Labute approximate surface area is 403 Å². The predicted molar refractivity (Wildman–Crippen MR) is 254 cm³/mol. The zero-order valence-electron chi connectivity index (χ0n) is 41.2. The molecule has 2 rings (SSSR count). The second-order valence-corrected chi connectivity index (χ2v) is 16.7. The second-order valence-electron chi connectivity index (χ2n) is 16.7. The zero-order chi connectivity index (χ0) is 52.4. The van der Waals surface area contributed by atoms with Gasteiger partial charge in [-0.1, -0.05) is 0 Å². The number of hydrogen-bond donors (Lipinski definition) is 10. The monoisotopic (exact) mass is 979 g/mol. The molecule has 0 saturated heterocycles. The van der Waals surface area contributed by atoms with E-state index in [1.54, 1.807) is 0 Å². The standard InChI is InChI=1S/C47H74N6O16/c1-28-38(44(66)48(9-17-54)10-18-55)30(3)42(31(4)39(28)45(67)49(11-19-56)12-20-57)52(34(7)62)26-36(64)25-37(65)27-53(35(8)63)43-32(5)40(46(68)50(13-21-58)14-22-59)29(2)41(33(43)6)47(69)51(15-23-60)16-24-61/h36-37,54-61,64-65H,9-27H2,1-8H3. The maximum Gasteiger partial charge on any atom is 0.254 e. The molecule has 22 nitrogen and oxygen atoms in total. The lowest BCUT2D eigenvalue weighted by Gasteiger charge is -2.34. The van der Waals surface area contributed by atoms with Crippen LogP contribution in [0.25, 0.3) is 0 Å². The predicted octanol–water partition coefficient (Wildman–Crippen LogP) is -2.24. The van der Waals surface area contributed by atoms with E-state index in [1.165, 1.54) is 75.0 Å². The molecule has 0 saturated carbocycles. The Morgan fingerprint density at radius 2 is 0.551 bits per heavy atom. The first-order valence-corrected chi connectivity index (χ1v) is 22.9. The molecule has 10 N–H and O–H groups in total. The molecule has 0 heterocycles. The Hall–Kier alpha value is -5.14. The van der Waals surface area contributed by atoms with Crippen molar-refractivity contribution in [2.75, 3.05) is 128 Å². The molecule has 0 aliphatic heterocycles. The summed E-state index contributed by atoms with van der Waals surface area (Å²) < 4.78 is 0. The number of aliphatic hydroxyl groups is 10. The maximum absolute atomic E-state index is 14.2. The van der Waals surface area contributed by atoms with Crippen LogP contribution in [0.5, 0.6) is 0 Å². The highest BCUT2D eigenvalue weighted by Crippen LogP contribution is 2.38. The number of amides is 6. The Kier molecular flexibility index (Phi) is 24.8. The molecule has 2 aromatic carbocycles. The minimum atomic E-state index is -1.55. The quantitative estimate of drug-likeness (QED) is 0.0431. The van der Waals surface area contributed by atoms with Crippen LogP contribution in [-0.2, 0) is 9.59 Å². The molecule has 0 aromatic heterocycles. The van der Waals surface area contributed by atoms with Crippen LogP contribution in [-0.4, -0.2) is 237 Å². The maximum atomic E-state index is 14.2. The van der Waals surface area contributed by atoms with Gasteiger partial charge in [-0.3, -0.25) is 28.8 Å². The van der Waals surface area contributed by atoms with E-state index >= 15 is 0 Å². The van der Waals surface area contributed by atoms with Crippen molar-refractivity contribution >= 4 is 46.8 Å². The third kappa shape index (κ3) is 14.5. The fourth-order valence-corrected chi connectivity index (χ4v) is 9.00. The lowest BCUT2D eigenvalue weighted by atomic mass is 9.88. The van der Waals surface area contributed by atoms with Gasteiger partial charge < -0.3 is 80.5 Å². The third-order valence-electron chi connectivity index (χ3n) is 12.0. The van der Waals surface area contributed by atoms with Crippen molar-refractivity contribution in [2.45, 2.75) is 74.0 Å². The third-order valence-corrected chi connectivity index (χ3v) is 12.0. The summed E-state index contributed by atoms with van der Waals surface area (Å²) in [5, 5.41) is 101. The smallest absolute Gasteiger partial charge is 0.254 e. The molecule has 6 amide bonds. The van der Waals surface area contributed by atoms with Crippen molar-refractivity contribution in [3.05, 3.63) is 55.6 Å². The first-order chi connectivity index (χ1) is 32.6. The van der Waals surface area contributed by atoms with E-state index in [0.717, 1.165) is 9.80 Å². The van der Waals surface area contributed by atoms with Gasteiger partial charge in [-0.25, -0.2) is 0 Å². The molecule has 69 heavy (non-hydrogen) atoms. The van der Waals surface area contributed by atoms with Crippen molar-refractivity contribution in [1.82, 2.24) is 19.6 Å². The molecular weight excluding hydrogens is 905 g/mol. The van der Waals surface area contributed by atoms with Crippen LogP contribution in [0.1, 0.15) is 95.1 Å². The number of nitrogens with zero attached hydrogens (tertiary/aromatic N) is 6. The van der Waals surface area contributed by atoms with Gasteiger partial charge in [0.1, 0.15) is 0 Å². The lowest BCUT2D eigenvalue weighted by Crippen LogP contribution is -2.43. The van der Waals surface area contributed by atoms with Crippen LogP contribution in [0.4, 0.5) is 11.4 Å². The molecule has 22 heteroatoms. The highest BCUT2D eigenvalue weighted by molar-refractivity contribution is 6.09. The van der Waals surface area contributed by atoms with Gasteiger partial charge in [0.15, 0.2) is 0 Å². The van der Waals surface area contributed by atoms with Crippen LogP contribution >= 0.6 is 0 Å². The Morgan fingerprint density at radius 1 is 0.362 bits per heavy atom. The van der Waals surface area contributed by atoms with Gasteiger partial charge in [-0.15, -0.1) is 0 Å². The highest BCUT2D eigenvalue weighted by Gasteiger charge is 2.35. The summed E-state index contributed by atoms with van der Waals surface area (Å²) >= 11 is 0. The molecule has 0 bridgehead atoms. The first kappa shape index (κ1) is 60.0. The topological polar surface area (TPSA) is 324 Å². The molecule has 2 unspecified atom stereocenters. The number of rotatable bonds is 28. The van der Waals surface area contributed by atoms with E-state index in [4.69, 9.17) is 0 Å². The summed E-state index contributed by atoms with van der Waals surface area (Å²) in [5.74, 6) is -4.07. The minimum Gasteiger partial charge on any atom is -0.395 e. The summed E-state index contributed by atoms with van der Waals surface area (Å²) in [6, 6.07) is 0. The van der Waals surface area contributed by atoms with Gasteiger partial charge in [-0.2, -0.15) is 0 Å². The Morgan fingerprint density at radius 3 is 0.710 bits per heavy atom. The summed E-state index contributed by atoms with van der Waals surface area (Å²) in [4.78, 5) is 91.1. The van der Waals surface area contributed by atoms with E-state index in [9.17, 15) is 79.8 Å². The average molecular weight is 979 g/mol. The molecule has 0 spiro atoms. The number of carbonyl (C=O) groups excluding carboxylic acids is 6. The van der Waals surface area contributed by atoms with Crippen molar-refractivity contribution in [3.63, 3.8) is 0 Å². The summed E-state index contributed by atoms with van der Waals surface area (Å²) in [6.07, 6.45) is -3.59. The Bertz CT molecular complexity index is 1840. The van der Waals surface area contributed by atoms with E-state index in [1.807, 2.05) is 0 Å². The fraction of sp³-hybridized carbons (Fsp3) is 0.617. The van der Waals surface area contributed by atoms with E-state index in [2.05, 4.69) is 0 Å². The van der Waals surface area contributed by atoms with Gasteiger partial charge in [0.2, 0.25) is 11.8 Å². The van der Waals surface area contributed by atoms with E-state index < -0.39 is 120 Å². The van der Waals surface area contributed by atoms with Crippen molar-refractivity contribution in [2.24, 2.45) is 0 Å². The fourth-order valence-electron chi connectivity index (χ4n) is 9.00. The minimum absolute atomic E-state index is 0.0436. The van der Waals surface area contributed by atoms with Crippen LogP contribution in [0.15, 0.2) is 0 Å². The van der Waals surface area contributed by atoms with Crippen molar-refractivity contribution < 1.29 is 79.8 Å². The van der Waals surface area contributed by atoms with Crippen molar-refractivity contribution in [1.29, 1.82) is 0 Å². The number of aliphatic hydroxyl groups excluding tert-OH is 10. The molecule has 0 fully saturated rings. The number of benzene rings is 2. The van der Waals surface area contributed by atoms with E-state index in [-0.39, 0.29) is 119 Å². The molecule has 0 radical (unpaired) electrons. The lowest BCUT2D eigenvalue weighted by molar-refractivity contribution is -0.117. The molecular formula is C47H74N6O16.